The van der Waals surface area contributed by atoms with Gasteiger partial charge in [0.1, 0.15) is 0 Å². The number of fused-ring (bicyclic) bond motifs is 1. The zero-order chi connectivity index (χ0) is 20.2. The molecule has 142 valence electrons. The summed E-state index contributed by atoms with van der Waals surface area (Å²) in [6.45, 7) is 15.7. The minimum atomic E-state index is 1.05. The molecule has 0 aromatic heterocycles. The van der Waals surface area contributed by atoms with E-state index in [1.54, 1.807) is 0 Å². The molecule has 0 bridgehead atoms. The van der Waals surface area contributed by atoms with Crippen molar-refractivity contribution in [3.05, 3.63) is 86.5 Å². The van der Waals surface area contributed by atoms with E-state index in [1.807, 2.05) is 0 Å². The van der Waals surface area contributed by atoms with Gasteiger partial charge >= 0.3 is 0 Å². The Labute approximate surface area is 169 Å². The highest BCUT2D eigenvalue weighted by molar-refractivity contribution is 5.91. The van der Waals surface area contributed by atoms with Crippen molar-refractivity contribution in [2.24, 2.45) is 0 Å². The van der Waals surface area contributed by atoms with Crippen molar-refractivity contribution in [1.29, 1.82) is 0 Å². The van der Waals surface area contributed by atoms with Crippen LogP contribution in [0.3, 0.4) is 0 Å². The van der Waals surface area contributed by atoms with Crippen LogP contribution in [0.5, 0.6) is 0 Å². The molecule has 0 amide bonds. The third kappa shape index (κ3) is 3.11. The number of allylic oxidation sites excluding steroid dienone is 1. The topological polar surface area (TPSA) is 0 Å². The number of hydrogen-bond donors (Lipinski definition) is 0. The first-order valence-corrected chi connectivity index (χ1v) is 10.2. The van der Waals surface area contributed by atoms with E-state index in [4.69, 9.17) is 0 Å². The summed E-state index contributed by atoms with van der Waals surface area (Å²) in [5.41, 5.74) is 18.1. The smallest absolute Gasteiger partial charge is 0.00541 e. The highest BCUT2D eigenvalue weighted by Crippen LogP contribution is 2.45. The quantitative estimate of drug-likeness (QED) is 0.433. The average Bonchev–Trinajstić information content (AvgIpc) is 2.94. The predicted octanol–water partition coefficient (Wildman–Crippen LogP) is 7.83. The minimum Gasteiger partial charge on any atom is -0.0683 e. The Bertz CT molecular complexity index is 1100. The molecule has 0 fully saturated rings. The van der Waals surface area contributed by atoms with Crippen LogP contribution in [0.25, 0.3) is 28.3 Å². The lowest BCUT2D eigenvalue weighted by molar-refractivity contribution is 1.17. The Balaban J connectivity index is 2.07. The zero-order valence-corrected chi connectivity index (χ0v) is 18.2. The monoisotopic (exact) mass is 366 g/mol. The number of hydrogen-bond acceptors (Lipinski definition) is 0. The first-order chi connectivity index (χ1) is 13.2. The zero-order valence-electron chi connectivity index (χ0n) is 18.2. The van der Waals surface area contributed by atoms with Crippen LogP contribution in [0.2, 0.25) is 0 Å². The second kappa shape index (κ2) is 6.78. The van der Waals surface area contributed by atoms with Gasteiger partial charge in [0.15, 0.2) is 0 Å². The van der Waals surface area contributed by atoms with Crippen molar-refractivity contribution in [2.45, 2.75) is 54.9 Å². The van der Waals surface area contributed by atoms with Crippen LogP contribution in [-0.4, -0.2) is 0 Å². The Morgan fingerprint density at radius 2 is 0.964 bits per heavy atom. The molecule has 1 aliphatic carbocycles. The van der Waals surface area contributed by atoms with Gasteiger partial charge in [-0.15, -0.1) is 0 Å². The molecule has 3 aromatic carbocycles. The number of aryl methyl sites for hydroxylation is 4. The molecule has 0 spiro atoms. The molecule has 3 aromatic rings. The van der Waals surface area contributed by atoms with Crippen LogP contribution in [0.4, 0.5) is 0 Å². The van der Waals surface area contributed by atoms with Gasteiger partial charge in [0, 0.05) is 0 Å². The molecule has 28 heavy (non-hydrogen) atoms. The summed E-state index contributed by atoms with van der Waals surface area (Å²) < 4.78 is 0. The molecule has 0 heteroatoms. The van der Waals surface area contributed by atoms with Gasteiger partial charge < -0.3 is 0 Å². The summed E-state index contributed by atoms with van der Waals surface area (Å²) in [6, 6.07) is 13.9. The second-order valence-electron chi connectivity index (χ2n) is 8.81. The van der Waals surface area contributed by atoms with E-state index < -0.39 is 0 Å². The van der Waals surface area contributed by atoms with Crippen molar-refractivity contribution in [1.82, 2.24) is 0 Å². The van der Waals surface area contributed by atoms with E-state index in [0.717, 1.165) is 6.42 Å². The maximum atomic E-state index is 2.42. The summed E-state index contributed by atoms with van der Waals surface area (Å²) >= 11 is 0. The molecule has 0 atom stereocenters. The van der Waals surface area contributed by atoms with Crippen molar-refractivity contribution in [3.63, 3.8) is 0 Å². The molecular formula is C28H30. The molecule has 0 radical (unpaired) electrons. The summed E-state index contributed by atoms with van der Waals surface area (Å²) in [5, 5.41) is 0. The van der Waals surface area contributed by atoms with Gasteiger partial charge in [0.05, 0.1) is 0 Å². The minimum absolute atomic E-state index is 1.05. The normalized spacial score (nSPS) is 12.9. The fraction of sp³-hybridized carbons (Fsp3) is 0.286. The lowest BCUT2D eigenvalue weighted by atomic mass is 9.82. The summed E-state index contributed by atoms with van der Waals surface area (Å²) in [4.78, 5) is 0. The van der Waals surface area contributed by atoms with Crippen LogP contribution in [0, 0.1) is 41.5 Å². The fourth-order valence-corrected chi connectivity index (χ4v) is 5.01. The second-order valence-corrected chi connectivity index (χ2v) is 8.81. The third-order valence-electron chi connectivity index (χ3n) is 6.08. The van der Waals surface area contributed by atoms with E-state index in [-0.39, 0.29) is 0 Å². The Morgan fingerprint density at radius 1 is 0.536 bits per heavy atom. The molecular weight excluding hydrogens is 336 g/mol. The maximum absolute atomic E-state index is 2.42. The average molecular weight is 367 g/mol. The van der Waals surface area contributed by atoms with Crippen LogP contribution < -0.4 is 0 Å². The highest BCUT2D eigenvalue weighted by atomic mass is 14.3. The number of rotatable bonds is 2. The van der Waals surface area contributed by atoms with Gasteiger partial charge in [-0.05, 0) is 99.4 Å². The number of benzene rings is 3. The third-order valence-corrected chi connectivity index (χ3v) is 6.08. The van der Waals surface area contributed by atoms with Gasteiger partial charge in [-0.2, -0.15) is 0 Å². The van der Waals surface area contributed by atoms with Crippen molar-refractivity contribution < 1.29 is 0 Å². The van der Waals surface area contributed by atoms with Crippen LogP contribution in [0.1, 0.15) is 51.4 Å². The van der Waals surface area contributed by atoms with E-state index in [1.165, 1.54) is 72.3 Å². The van der Waals surface area contributed by atoms with Gasteiger partial charge in [-0.25, -0.2) is 0 Å². The van der Waals surface area contributed by atoms with Crippen molar-refractivity contribution in [2.75, 3.05) is 0 Å². The maximum Gasteiger partial charge on any atom is -0.00541 e. The van der Waals surface area contributed by atoms with Gasteiger partial charge in [0.25, 0.3) is 0 Å². The molecule has 0 saturated carbocycles. The predicted molar refractivity (Wildman–Crippen MR) is 123 cm³/mol. The molecule has 1 aliphatic rings. The fourth-order valence-electron chi connectivity index (χ4n) is 5.01. The largest absolute Gasteiger partial charge is 0.0683 e. The SMILES string of the molecule is CC1=Cc2c(c(-c3cc(C)cc(C)c3)c(C)c(C)c2-c2cc(C)cc(C)c2)C1. The van der Waals surface area contributed by atoms with Crippen LogP contribution in [0.15, 0.2) is 42.0 Å². The lowest BCUT2D eigenvalue weighted by Gasteiger charge is -2.22. The molecule has 0 N–H and O–H groups in total. The first kappa shape index (κ1) is 18.7. The van der Waals surface area contributed by atoms with E-state index >= 15 is 0 Å². The van der Waals surface area contributed by atoms with Gasteiger partial charge in [-0.1, -0.05) is 70.3 Å². The summed E-state index contributed by atoms with van der Waals surface area (Å²) in [7, 11) is 0. The highest BCUT2D eigenvalue weighted by Gasteiger charge is 2.24. The van der Waals surface area contributed by atoms with Gasteiger partial charge in [0.2, 0.25) is 0 Å². The van der Waals surface area contributed by atoms with Gasteiger partial charge in [-0.3, -0.25) is 0 Å². The lowest BCUT2D eigenvalue weighted by Crippen LogP contribution is -2.01. The first-order valence-electron chi connectivity index (χ1n) is 10.2. The Morgan fingerprint density at radius 3 is 1.46 bits per heavy atom. The molecule has 0 saturated heterocycles. The van der Waals surface area contributed by atoms with E-state index in [2.05, 4.69) is 90.9 Å². The standard InChI is InChI=1S/C28H30/c1-16-8-17(2)11-23(10-16)27-21(6)22(7)28(26-15-20(5)14-25(26)27)24-12-18(3)9-19(4)13-24/h8-14H,15H2,1-7H3. The molecule has 4 rings (SSSR count). The van der Waals surface area contributed by atoms with Crippen molar-refractivity contribution in [3.8, 4) is 22.3 Å². The Hall–Kier alpha value is -2.60. The molecule has 0 nitrogen and oxygen atoms in total. The van der Waals surface area contributed by atoms with E-state index in [9.17, 15) is 0 Å². The van der Waals surface area contributed by atoms with Crippen LogP contribution in [-0.2, 0) is 6.42 Å². The Kier molecular flexibility index (Phi) is 4.54. The summed E-state index contributed by atoms with van der Waals surface area (Å²) in [5.74, 6) is 0. The van der Waals surface area contributed by atoms with Crippen LogP contribution >= 0.6 is 0 Å². The van der Waals surface area contributed by atoms with Crippen molar-refractivity contribution >= 4 is 6.08 Å². The molecule has 0 unspecified atom stereocenters. The molecule has 0 aliphatic heterocycles. The summed E-state index contributed by atoms with van der Waals surface area (Å²) in [6.07, 6.45) is 3.47. The molecule has 0 heterocycles. The van der Waals surface area contributed by atoms with E-state index in [0.29, 0.717) is 0 Å².